The molecule has 0 fully saturated rings. The van der Waals surface area contributed by atoms with E-state index in [1.165, 1.54) is 0 Å². The van der Waals surface area contributed by atoms with Gasteiger partial charge in [0.05, 0.1) is 18.3 Å². The van der Waals surface area contributed by atoms with Gasteiger partial charge >= 0.3 is 0 Å². The van der Waals surface area contributed by atoms with Crippen molar-refractivity contribution in [3.05, 3.63) is 58.9 Å². The summed E-state index contributed by atoms with van der Waals surface area (Å²) in [7, 11) is 1.77. The van der Waals surface area contributed by atoms with E-state index < -0.39 is 0 Å². The van der Waals surface area contributed by atoms with E-state index in [0.717, 1.165) is 5.56 Å². The lowest BCUT2D eigenvalue weighted by Crippen LogP contribution is -2.28. The van der Waals surface area contributed by atoms with E-state index in [1.807, 2.05) is 24.3 Å². The number of hydrogen-bond acceptors (Lipinski definition) is 3. The Kier molecular flexibility index (Phi) is 4.58. The Morgan fingerprint density at radius 1 is 1.25 bits per heavy atom. The SMILES string of the molecule is CN(Cc1ccc(Cl)cc1)C(=O)Cc1ccc(N)cn1. The van der Waals surface area contributed by atoms with Crippen LogP contribution in [0.4, 0.5) is 5.69 Å². The molecule has 0 aliphatic carbocycles. The van der Waals surface area contributed by atoms with Gasteiger partial charge in [0, 0.05) is 24.3 Å². The maximum Gasteiger partial charge on any atom is 0.228 e. The molecule has 0 aliphatic heterocycles. The molecule has 104 valence electrons. The van der Waals surface area contributed by atoms with Crippen LogP contribution < -0.4 is 5.73 Å². The average Bonchev–Trinajstić information content (AvgIpc) is 2.44. The van der Waals surface area contributed by atoms with Gasteiger partial charge in [-0.1, -0.05) is 23.7 Å². The number of pyridine rings is 1. The summed E-state index contributed by atoms with van der Waals surface area (Å²) in [6, 6.07) is 11.0. The number of rotatable bonds is 4. The van der Waals surface area contributed by atoms with Crippen molar-refractivity contribution in [2.24, 2.45) is 0 Å². The molecule has 0 saturated carbocycles. The molecule has 2 N–H and O–H groups in total. The molecule has 2 rings (SSSR count). The molecule has 1 aromatic heterocycles. The van der Waals surface area contributed by atoms with Gasteiger partial charge in [-0.2, -0.15) is 0 Å². The smallest absolute Gasteiger partial charge is 0.228 e. The van der Waals surface area contributed by atoms with Crippen LogP contribution in [-0.2, 0) is 17.8 Å². The summed E-state index contributed by atoms with van der Waals surface area (Å²) < 4.78 is 0. The van der Waals surface area contributed by atoms with Crippen LogP contribution >= 0.6 is 11.6 Å². The van der Waals surface area contributed by atoms with Gasteiger partial charge in [-0.05, 0) is 29.8 Å². The number of hydrogen-bond donors (Lipinski definition) is 1. The van der Waals surface area contributed by atoms with Gasteiger partial charge in [0.15, 0.2) is 0 Å². The van der Waals surface area contributed by atoms with Crippen molar-refractivity contribution in [2.75, 3.05) is 12.8 Å². The Labute approximate surface area is 123 Å². The fourth-order valence-corrected chi connectivity index (χ4v) is 1.91. The minimum atomic E-state index is 0.0113. The second-order valence-electron chi connectivity index (χ2n) is 4.64. The van der Waals surface area contributed by atoms with Gasteiger partial charge in [0.25, 0.3) is 0 Å². The van der Waals surface area contributed by atoms with Crippen molar-refractivity contribution in [1.82, 2.24) is 9.88 Å². The highest BCUT2D eigenvalue weighted by Crippen LogP contribution is 2.11. The lowest BCUT2D eigenvalue weighted by atomic mass is 10.2. The second kappa shape index (κ2) is 6.39. The third-order valence-corrected chi connectivity index (χ3v) is 3.19. The molecule has 0 bridgehead atoms. The highest BCUT2D eigenvalue weighted by Gasteiger charge is 2.11. The van der Waals surface area contributed by atoms with Gasteiger partial charge in [-0.25, -0.2) is 0 Å². The summed E-state index contributed by atoms with van der Waals surface area (Å²) in [6.45, 7) is 0.547. The zero-order chi connectivity index (χ0) is 14.5. The first-order valence-electron chi connectivity index (χ1n) is 6.23. The number of benzene rings is 1. The van der Waals surface area contributed by atoms with E-state index in [-0.39, 0.29) is 12.3 Å². The largest absolute Gasteiger partial charge is 0.397 e. The maximum atomic E-state index is 12.1. The van der Waals surface area contributed by atoms with Gasteiger partial charge in [-0.3, -0.25) is 9.78 Å². The van der Waals surface area contributed by atoms with Gasteiger partial charge in [0.1, 0.15) is 0 Å². The molecule has 5 heteroatoms. The van der Waals surface area contributed by atoms with Crippen LogP contribution in [0, 0.1) is 0 Å². The Balaban J connectivity index is 1.94. The Morgan fingerprint density at radius 2 is 1.95 bits per heavy atom. The molecular formula is C15H16ClN3O. The first-order chi connectivity index (χ1) is 9.54. The molecule has 0 unspecified atom stereocenters. The van der Waals surface area contributed by atoms with Crippen molar-refractivity contribution in [3.8, 4) is 0 Å². The molecule has 0 atom stereocenters. The second-order valence-corrected chi connectivity index (χ2v) is 5.07. The van der Waals surface area contributed by atoms with E-state index in [4.69, 9.17) is 17.3 Å². The molecule has 1 amide bonds. The number of amides is 1. The number of nitrogens with two attached hydrogens (primary N) is 1. The molecule has 20 heavy (non-hydrogen) atoms. The zero-order valence-electron chi connectivity index (χ0n) is 11.2. The van der Waals surface area contributed by atoms with Crippen LogP contribution in [0.3, 0.4) is 0 Å². The van der Waals surface area contributed by atoms with Crippen molar-refractivity contribution >= 4 is 23.2 Å². The van der Waals surface area contributed by atoms with E-state index in [0.29, 0.717) is 22.9 Å². The van der Waals surface area contributed by atoms with Crippen LogP contribution in [0.2, 0.25) is 5.02 Å². The van der Waals surface area contributed by atoms with Crippen molar-refractivity contribution in [3.63, 3.8) is 0 Å². The van der Waals surface area contributed by atoms with Gasteiger partial charge in [0.2, 0.25) is 5.91 Å². The fraction of sp³-hybridized carbons (Fsp3) is 0.200. The van der Waals surface area contributed by atoms with Gasteiger partial charge in [-0.15, -0.1) is 0 Å². The standard InChI is InChI=1S/C15H16ClN3O/c1-19(10-11-2-4-12(16)5-3-11)15(20)8-14-7-6-13(17)9-18-14/h2-7,9H,8,10,17H2,1H3. The molecule has 0 radical (unpaired) electrons. The highest BCUT2D eigenvalue weighted by atomic mass is 35.5. The third kappa shape index (κ3) is 3.96. The predicted molar refractivity (Wildman–Crippen MR) is 80.3 cm³/mol. The first kappa shape index (κ1) is 14.3. The molecule has 0 aliphatic rings. The summed E-state index contributed by atoms with van der Waals surface area (Å²) in [5.74, 6) is 0.0113. The molecule has 1 aromatic carbocycles. The minimum Gasteiger partial charge on any atom is -0.397 e. The average molecular weight is 290 g/mol. The van der Waals surface area contributed by atoms with E-state index in [1.54, 1.807) is 30.3 Å². The number of halogens is 1. The number of nitrogen functional groups attached to an aromatic ring is 1. The monoisotopic (exact) mass is 289 g/mol. The maximum absolute atomic E-state index is 12.1. The number of carbonyl (C=O) groups excluding carboxylic acids is 1. The molecule has 0 saturated heterocycles. The fourth-order valence-electron chi connectivity index (χ4n) is 1.78. The summed E-state index contributed by atoms with van der Waals surface area (Å²) >= 11 is 5.83. The summed E-state index contributed by atoms with van der Waals surface area (Å²) in [4.78, 5) is 17.9. The number of likely N-dealkylation sites (N-methyl/N-ethyl adjacent to an activating group) is 1. The van der Waals surface area contributed by atoms with Crippen molar-refractivity contribution in [2.45, 2.75) is 13.0 Å². The third-order valence-electron chi connectivity index (χ3n) is 2.94. The summed E-state index contributed by atoms with van der Waals surface area (Å²) in [5, 5.41) is 0.689. The summed E-state index contributed by atoms with van der Waals surface area (Å²) in [6.07, 6.45) is 1.83. The van der Waals surface area contributed by atoms with E-state index in [9.17, 15) is 4.79 Å². The van der Waals surface area contributed by atoms with Crippen LogP contribution in [0.25, 0.3) is 0 Å². The molecular weight excluding hydrogens is 274 g/mol. The number of aromatic nitrogens is 1. The van der Waals surface area contributed by atoms with E-state index >= 15 is 0 Å². The molecule has 4 nitrogen and oxygen atoms in total. The van der Waals surface area contributed by atoms with Crippen molar-refractivity contribution < 1.29 is 4.79 Å². The molecule has 1 heterocycles. The van der Waals surface area contributed by atoms with Crippen LogP contribution in [0.5, 0.6) is 0 Å². The van der Waals surface area contributed by atoms with Crippen molar-refractivity contribution in [1.29, 1.82) is 0 Å². The Bertz CT molecular complexity index is 581. The first-order valence-corrected chi connectivity index (χ1v) is 6.61. The molecule has 2 aromatic rings. The van der Waals surface area contributed by atoms with Gasteiger partial charge < -0.3 is 10.6 Å². The Morgan fingerprint density at radius 3 is 2.55 bits per heavy atom. The van der Waals surface area contributed by atoms with Crippen LogP contribution in [0.15, 0.2) is 42.6 Å². The Hall–Kier alpha value is -2.07. The highest BCUT2D eigenvalue weighted by molar-refractivity contribution is 6.30. The van der Waals surface area contributed by atoms with E-state index in [2.05, 4.69) is 4.98 Å². The summed E-state index contributed by atoms with van der Waals surface area (Å²) in [5.41, 5.74) is 7.91. The molecule has 0 spiro atoms. The quantitative estimate of drug-likeness (QED) is 0.941. The lowest BCUT2D eigenvalue weighted by molar-refractivity contribution is -0.129. The minimum absolute atomic E-state index is 0.0113. The topological polar surface area (TPSA) is 59.2 Å². The van der Waals surface area contributed by atoms with Crippen LogP contribution in [0.1, 0.15) is 11.3 Å². The zero-order valence-corrected chi connectivity index (χ0v) is 12.0. The normalized spacial score (nSPS) is 10.3. The lowest BCUT2D eigenvalue weighted by Gasteiger charge is -2.17. The number of carbonyl (C=O) groups is 1. The number of nitrogens with zero attached hydrogens (tertiary/aromatic N) is 2. The number of anilines is 1. The predicted octanol–water partition coefficient (Wildman–Crippen LogP) is 2.52. The van der Waals surface area contributed by atoms with Crippen LogP contribution in [-0.4, -0.2) is 22.8 Å².